The lowest BCUT2D eigenvalue weighted by molar-refractivity contribution is -0.138. The average molecular weight is 392 g/mol. The van der Waals surface area contributed by atoms with Crippen molar-refractivity contribution in [1.29, 1.82) is 0 Å². The van der Waals surface area contributed by atoms with Crippen LogP contribution >= 0.6 is 0 Å². The van der Waals surface area contributed by atoms with Crippen molar-refractivity contribution in [1.82, 2.24) is 19.8 Å². The number of fused-ring (bicyclic) bond motifs is 1. The molecule has 2 aromatic rings. The van der Waals surface area contributed by atoms with E-state index in [0.29, 0.717) is 49.1 Å². The third-order valence-electron chi connectivity index (χ3n) is 5.88. The number of rotatable bonds is 4. The van der Waals surface area contributed by atoms with Gasteiger partial charge in [0.05, 0.1) is 16.6 Å². The lowest BCUT2D eigenvalue weighted by Crippen LogP contribution is -2.55. The third kappa shape index (κ3) is 3.18. The van der Waals surface area contributed by atoms with Gasteiger partial charge in [-0.3, -0.25) is 9.59 Å². The van der Waals surface area contributed by atoms with Gasteiger partial charge in [-0.15, -0.1) is 0 Å². The Kier molecular flexibility index (Phi) is 4.47. The van der Waals surface area contributed by atoms with E-state index in [-0.39, 0.29) is 30.0 Å². The van der Waals surface area contributed by atoms with Crippen LogP contribution in [-0.2, 0) is 4.79 Å². The number of carbonyl (C=O) groups is 2. The van der Waals surface area contributed by atoms with Crippen LogP contribution in [-0.4, -0.2) is 63.7 Å². The summed E-state index contributed by atoms with van der Waals surface area (Å²) in [5, 5.41) is 0. The number of aromatic nitrogens is 2. The maximum atomic E-state index is 13.1. The topological polar surface area (TPSA) is 89.3 Å². The Morgan fingerprint density at radius 3 is 2.64 bits per heavy atom. The first-order valence-electron chi connectivity index (χ1n) is 9.39. The van der Waals surface area contributed by atoms with Gasteiger partial charge in [0.2, 0.25) is 12.3 Å². The minimum atomic E-state index is -2.47. The Morgan fingerprint density at radius 1 is 1.25 bits per heavy atom. The van der Waals surface area contributed by atoms with Crippen LogP contribution in [0.1, 0.15) is 36.5 Å². The van der Waals surface area contributed by atoms with Crippen LogP contribution < -0.4 is 5.69 Å². The van der Waals surface area contributed by atoms with Crippen molar-refractivity contribution in [3.8, 4) is 0 Å². The van der Waals surface area contributed by atoms with Gasteiger partial charge in [-0.1, -0.05) is 6.07 Å². The highest BCUT2D eigenvalue weighted by atomic mass is 19.3. The highest BCUT2D eigenvalue weighted by Crippen LogP contribution is 2.53. The number of nitrogens with one attached hydrogen (secondary N) is 2. The van der Waals surface area contributed by atoms with Crippen molar-refractivity contribution in [2.75, 3.05) is 19.6 Å². The molecule has 0 spiro atoms. The highest BCUT2D eigenvalue weighted by molar-refractivity contribution is 6.04. The van der Waals surface area contributed by atoms with Gasteiger partial charge >= 0.3 is 5.69 Å². The Morgan fingerprint density at radius 2 is 2.00 bits per heavy atom. The maximum Gasteiger partial charge on any atom is 0.323 e. The molecule has 1 aliphatic heterocycles. The summed E-state index contributed by atoms with van der Waals surface area (Å²) in [4.78, 5) is 45.5. The molecule has 4 rings (SSSR count). The van der Waals surface area contributed by atoms with Crippen LogP contribution in [0.15, 0.2) is 23.0 Å². The molecule has 1 aromatic heterocycles. The monoisotopic (exact) mass is 392 g/mol. The van der Waals surface area contributed by atoms with Gasteiger partial charge in [0.25, 0.3) is 5.91 Å². The Balaban J connectivity index is 1.45. The van der Waals surface area contributed by atoms with E-state index in [4.69, 9.17) is 0 Å². The van der Waals surface area contributed by atoms with Gasteiger partial charge in [-0.2, -0.15) is 0 Å². The lowest BCUT2D eigenvalue weighted by atomic mass is 10.0. The number of H-pyrrole nitrogens is 2. The number of piperazine rings is 1. The summed E-state index contributed by atoms with van der Waals surface area (Å²) in [6.07, 6.45) is -1.82. The number of amides is 2. The van der Waals surface area contributed by atoms with Crippen LogP contribution in [0, 0.1) is 5.41 Å². The van der Waals surface area contributed by atoms with Gasteiger partial charge in [-0.25, -0.2) is 13.6 Å². The first kappa shape index (κ1) is 18.6. The summed E-state index contributed by atoms with van der Waals surface area (Å²) >= 11 is 0. The number of hydrogen-bond acceptors (Lipinski definition) is 3. The zero-order chi connectivity index (χ0) is 20.1. The standard InChI is InChI=1S/C19H22F2N4O3/c1-11-10-24(7-8-25(11)14(26)9-19(5-6-19)17(20)21)16(27)12-3-2-4-13-15(12)23-18(28)22-13/h2-4,11,17H,5-10H2,1H3,(H2,22,23,28)/t11-/m1/s1. The van der Waals surface area contributed by atoms with Gasteiger partial charge in [0, 0.05) is 37.5 Å². The summed E-state index contributed by atoms with van der Waals surface area (Å²) in [6, 6.07) is 4.79. The molecule has 2 fully saturated rings. The van der Waals surface area contributed by atoms with Crippen molar-refractivity contribution >= 4 is 22.8 Å². The summed E-state index contributed by atoms with van der Waals surface area (Å²) in [5.74, 6) is -0.500. The first-order valence-corrected chi connectivity index (χ1v) is 9.39. The largest absolute Gasteiger partial charge is 0.336 e. The fraction of sp³-hybridized carbons (Fsp3) is 0.526. The molecule has 2 N–H and O–H groups in total. The fourth-order valence-corrected chi connectivity index (χ4v) is 3.95. The first-order chi connectivity index (χ1) is 13.3. The molecule has 1 saturated carbocycles. The number of halogens is 2. The summed E-state index contributed by atoms with van der Waals surface area (Å²) in [7, 11) is 0. The lowest BCUT2D eigenvalue weighted by Gasteiger charge is -2.40. The molecule has 1 atom stereocenters. The zero-order valence-electron chi connectivity index (χ0n) is 15.5. The molecule has 0 radical (unpaired) electrons. The van der Waals surface area contributed by atoms with Crippen LogP contribution in [0.3, 0.4) is 0 Å². The molecule has 150 valence electrons. The Hall–Kier alpha value is -2.71. The highest BCUT2D eigenvalue weighted by Gasteiger charge is 2.53. The molecule has 7 nitrogen and oxygen atoms in total. The zero-order valence-corrected chi connectivity index (χ0v) is 15.5. The Labute approximate surface area is 159 Å². The van der Waals surface area contributed by atoms with Gasteiger partial charge in [0.15, 0.2) is 0 Å². The number of nitrogens with zero attached hydrogens (tertiary/aromatic N) is 2. The molecule has 1 aliphatic carbocycles. The number of imidazole rings is 1. The number of aromatic amines is 2. The predicted molar refractivity (Wildman–Crippen MR) is 98.3 cm³/mol. The van der Waals surface area contributed by atoms with Crippen LogP contribution in [0.4, 0.5) is 8.78 Å². The second-order valence-electron chi connectivity index (χ2n) is 7.83. The summed E-state index contributed by atoms with van der Waals surface area (Å²) < 4.78 is 26.3. The Bertz CT molecular complexity index is 979. The van der Waals surface area contributed by atoms with Gasteiger partial charge in [0.1, 0.15) is 0 Å². The van der Waals surface area contributed by atoms with Crippen LogP contribution in [0.25, 0.3) is 11.0 Å². The summed E-state index contributed by atoms with van der Waals surface area (Å²) in [6.45, 7) is 2.77. The quantitative estimate of drug-likeness (QED) is 0.834. The third-order valence-corrected chi connectivity index (χ3v) is 5.88. The summed E-state index contributed by atoms with van der Waals surface area (Å²) in [5.41, 5.74) is -0.125. The van der Waals surface area contributed by atoms with E-state index >= 15 is 0 Å². The van der Waals surface area contributed by atoms with E-state index < -0.39 is 11.8 Å². The number of hydrogen-bond donors (Lipinski definition) is 2. The molecule has 2 aliphatic rings. The smallest absolute Gasteiger partial charge is 0.323 e. The van der Waals surface area contributed by atoms with E-state index in [2.05, 4.69) is 9.97 Å². The number of carbonyl (C=O) groups excluding carboxylic acids is 2. The van der Waals surface area contributed by atoms with E-state index in [1.807, 2.05) is 6.92 Å². The van der Waals surface area contributed by atoms with Crippen LogP contribution in [0.5, 0.6) is 0 Å². The average Bonchev–Trinajstić information content (AvgIpc) is 3.33. The van der Waals surface area contributed by atoms with E-state index in [1.54, 1.807) is 28.0 Å². The van der Waals surface area contributed by atoms with Gasteiger partial charge < -0.3 is 19.8 Å². The van der Waals surface area contributed by atoms with Crippen molar-refractivity contribution in [2.45, 2.75) is 38.7 Å². The molecule has 2 heterocycles. The predicted octanol–water partition coefficient (Wildman–Crippen LogP) is 1.96. The molecule has 0 unspecified atom stereocenters. The molecular weight excluding hydrogens is 370 g/mol. The molecular formula is C19H22F2N4O3. The van der Waals surface area contributed by atoms with E-state index in [0.717, 1.165) is 0 Å². The number of para-hydroxylation sites is 1. The molecule has 0 bridgehead atoms. The second-order valence-corrected chi connectivity index (χ2v) is 7.83. The number of alkyl halides is 2. The van der Waals surface area contributed by atoms with Gasteiger partial charge in [-0.05, 0) is 31.9 Å². The van der Waals surface area contributed by atoms with Crippen molar-refractivity contribution in [3.05, 3.63) is 34.2 Å². The fourth-order valence-electron chi connectivity index (χ4n) is 3.95. The van der Waals surface area contributed by atoms with Crippen LogP contribution in [0.2, 0.25) is 0 Å². The minimum Gasteiger partial charge on any atom is -0.336 e. The molecule has 1 aromatic carbocycles. The minimum absolute atomic E-state index is 0.132. The molecule has 9 heteroatoms. The number of benzene rings is 1. The van der Waals surface area contributed by atoms with E-state index in [1.165, 1.54) is 0 Å². The SMILES string of the molecule is C[C@@H]1CN(C(=O)c2cccc3[nH]c(=O)[nH]c23)CCN1C(=O)CC1(C(F)F)CC1. The van der Waals surface area contributed by atoms with Crippen molar-refractivity contribution in [2.24, 2.45) is 5.41 Å². The van der Waals surface area contributed by atoms with E-state index in [9.17, 15) is 23.2 Å². The molecule has 2 amide bonds. The second kappa shape index (κ2) is 6.72. The normalized spacial score (nSPS) is 21.4. The molecule has 28 heavy (non-hydrogen) atoms. The van der Waals surface area contributed by atoms with Crippen molar-refractivity contribution in [3.63, 3.8) is 0 Å². The molecule has 1 saturated heterocycles. The van der Waals surface area contributed by atoms with Crippen molar-refractivity contribution < 1.29 is 18.4 Å². The maximum absolute atomic E-state index is 13.1.